The first-order valence-electron chi connectivity index (χ1n) is 6.87. The Kier molecular flexibility index (Phi) is 4.69. The fraction of sp³-hybridized carbons (Fsp3) is 0.375. The van der Waals surface area contributed by atoms with Crippen molar-refractivity contribution < 1.29 is 0 Å². The van der Waals surface area contributed by atoms with Gasteiger partial charge in [-0.2, -0.15) is 0 Å². The number of anilines is 1. The lowest BCUT2D eigenvalue weighted by atomic mass is 10.1. The number of aromatic nitrogens is 2. The van der Waals surface area contributed by atoms with Gasteiger partial charge in [0.25, 0.3) is 0 Å². The van der Waals surface area contributed by atoms with Crippen LogP contribution in [0.1, 0.15) is 29.9 Å². The lowest BCUT2D eigenvalue weighted by molar-refractivity contribution is 0.649. The average Bonchev–Trinajstić information content (AvgIpc) is 2.46. The van der Waals surface area contributed by atoms with Crippen molar-refractivity contribution in [3.8, 4) is 0 Å². The minimum Gasteiger partial charge on any atom is -0.354 e. The summed E-state index contributed by atoms with van der Waals surface area (Å²) >= 11 is 0. The zero-order valence-corrected chi connectivity index (χ0v) is 12.6. The molecule has 0 aliphatic heterocycles. The normalized spacial score (nSPS) is 12.2. The van der Waals surface area contributed by atoms with Gasteiger partial charge >= 0.3 is 0 Å². The number of nitrogens with zero attached hydrogens (tertiary/aromatic N) is 3. The lowest BCUT2D eigenvalue weighted by Crippen LogP contribution is -2.19. The van der Waals surface area contributed by atoms with E-state index in [1.165, 1.54) is 5.56 Å². The van der Waals surface area contributed by atoms with Gasteiger partial charge in [-0.05, 0) is 44.7 Å². The van der Waals surface area contributed by atoms with Gasteiger partial charge in [-0.1, -0.05) is 12.1 Å². The first-order chi connectivity index (χ1) is 9.60. The number of pyridine rings is 2. The number of aryl methyl sites for hydroxylation is 1. The molecule has 0 saturated carbocycles. The topological polar surface area (TPSA) is 41.0 Å². The predicted molar refractivity (Wildman–Crippen MR) is 82.8 cm³/mol. The van der Waals surface area contributed by atoms with Crippen molar-refractivity contribution in [1.82, 2.24) is 15.3 Å². The van der Waals surface area contributed by atoms with Gasteiger partial charge in [-0.25, -0.2) is 4.98 Å². The van der Waals surface area contributed by atoms with Crippen molar-refractivity contribution in [3.05, 3.63) is 53.5 Å². The average molecular weight is 270 g/mol. The van der Waals surface area contributed by atoms with Crippen LogP contribution in [-0.4, -0.2) is 24.1 Å². The molecule has 1 atom stereocenters. The van der Waals surface area contributed by atoms with Crippen LogP contribution in [0.15, 0.2) is 36.5 Å². The molecule has 4 heteroatoms. The molecule has 1 unspecified atom stereocenters. The van der Waals surface area contributed by atoms with Crippen LogP contribution >= 0.6 is 0 Å². The fourth-order valence-electron chi connectivity index (χ4n) is 2.06. The van der Waals surface area contributed by atoms with Crippen molar-refractivity contribution in [2.45, 2.75) is 26.4 Å². The molecular formula is C16H22N4. The Balaban J connectivity index is 2.07. The highest BCUT2D eigenvalue weighted by atomic mass is 15.2. The molecule has 2 aromatic rings. The molecular weight excluding hydrogens is 248 g/mol. The maximum absolute atomic E-state index is 4.52. The third-order valence-corrected chi connectivity index (χ3v) is 3.44. The van der Waals surface area contributed by atoms with Gasteiger partial charge in [0, 0.05) is 25.0 Å². The van der Waals surface area contributed by atoms with E-state index in [-0.39, 0.29) is 0 Å². The molecule has 0 aromatic carbocycles. The molecule has 1 N–H and O–H groups in total. The van der Waals surface area contributed by atoms with Crippen molar-refractivity contribution in [3.63, 3.8) is 0 Å². The summed E-state index contributed by atoms with van der Waals surface area (Å²) in [5, 5.41) is 3.21. The molecule has 4 nitrogen and oxygen atoms in total. The highest BCUT2D eigenvalue weighted by Crippen LogP contribution is 2.16. The maximum atomic E-state index is 4.52. The Bertz CT molecular complexity index is 551. The molecule has 2 aromatic heterocycles. The molecule has 2 heterocycles. The van der Waals surface area contributed by atoms with Crippen molar-refractivity contribution in [2.75, 3.05) is 19.0 Å². The minimum atomic E-state index is 0.320. The van der Waals surface area contributed by atoms with E-state index >= 15 is 0 Å². The van der Waals surface area contributed by atoms with E-state index in [9.17, 15) is 0 Å². The fourth-order valence-corrected chi connectivity index (χ4v) is 2.06. The molecule has 0 amide bonds. The van der Waals surface area contributed by atoms with E-state index in [0.29, 0.717) is 6.04 Å². The van der Waals surface area contributed by atoms with Crippen LogP contribution in [0.25, 0.3) is 0 Å². The van der Waals surface area contributed by atoms with E-state index in [1.54, 1.807) is 0 Å². The molecule has 0 aliphatic rings. The molecule has 0 bridgehead atoms. The number of nitrogens with one attached hydrogen (secondary N) is 1. The summed E-state index contributed by atoms with van der Waals surface area (Å²) in [6.07, 6.45) is 1.93. The zero-order chi connectivity index (χ0) is 14.5. The molecule has 0 spiro atoms. The van der Waals surface area contributed by atoms with Crippen molar-refractivity contribution >= 4 is 5.82 Å². The maximum Gasteiger partial charge on any atom is 0.128 e. The summed E-state index contributed by atoms with van der Waals surface area (Å²) in [5.41, 5.74) is 3.29. The van der Waals surface area contributed by atoms with Gasteiger partial charge in [0.05, 0.1) is 12.2 Å². The number of rotatable bonds is 5. The second-order valence-corrected chi connectivity index (χ2v) is 5.09. The van der Waals surface area contributed by atoms with Gasteiger partial charge in [0.15, 0.2) is 0 Å². The van der Waals surface area contributed by atoms with Crippen molar-refractivity contribution in [2.24, 2.45) is 0 Å². The SMILES string of the molecule is CNC(C)c1ccc(N(C)Cc2cccc(C)n2)nc1. The Labute approximate surface area is 120 Å². The molecule has 0 fully saturated rings. The second kappa shape index (κ2) is 6.48. The third-order valence-electron chi connectivity index (χ3n) is 3.44. The monoisotopic (exact) mass is 270 g/mol. The molecule has 0 saturated heterocycles. The van der Waals surface area contributed by atoms with Gasteiger partial charge in [0.1, 0.15) is 5.82 Å². The van der Waals surface area contributed by atoms with Crippen LogP contribution in [0.5, 0.6) is 0 Å². The Morgan fingerprint density at radius 1 is 1.25 bits per heavy atom. The number of hydrogen-bond acceptors (Lipinski definition) is 4. The highest BCUT2D eigenvalue weighted by Gasteiger charge is 2.07. The van der Waals surface area contributed by atoms with Crippen LogP contribution in [-0.2, 0) is 6.54 Å². The summed E-state index contributed by atoms with van der Waals surface area (Å²) in [4.78, 5) is 11.1. The lowest BCUT2D eigenvalue weighted by Gasteiger charge is -2.19. The molecule has 0 radical (unpaired) electrons. The van der Waals surface area contributed by atoms with E-state index in [1.807, 2.05) is 45.4 Å². The van der Waals surface area contributed by atoms with Crippen LogP contribution in [0.4, 0.5) is 5.82 Å². The summed E-state index contributed by atoms with van der Waals surface area (Å²) in [6.45, 7) is 4.89. The van der Waals surface area contributed by atoms with E-state index in [2.05, 4.69) is 39.2 Å². The van der Waals surface area contributed by atoms with Gasteiger partial charge in [0.2, 0.25) is 0 Å². The van der Waals surface area contributed by atoms with Crippen LogP contribution < -0.4 is 10.2 Å². The Morgan fingerprint density at radius 3 is 2.65 bits per heavy atom. The van der Waals surface area contributed by atoms with Gasteiger partial charge in [-0.15, -0.1) is 0 Å². The Morgan fingerprint density at radius 2 is 2.05 bits per heavy atom. The summed E-state index contributed by atoms with van der Waals surface area (Å²) in [6, 6.07) is 10.6. The summed E-state index contributed by atoms with van der Waals surface area (Å²) < 4.78 is 0. The van der Waals surface area contributed by atoms with Gasteiger partial charge < -0.3 is 10.2 Å². The van der Waals surface area contributed by atoms with Crippen LogP contribution in [0.2, 0.25) is 0 Å². The molecule has 0 aliphatic carbocycles. The minimum absolute atomic E-state index is 0.320. The smallest absolute Gasteiger partial charge is 0.128 e. The first-order valence-corrected chi connectivity index (χ1v) is 6.87. The van der Waals surface area contributed by atoms with Gasteiger partial charge in [-0.3, -0.25) is 4.98 Å². The third kappa shape index (κ3) is 3.54. The molecule has 20 heavy (non-hydrogen) atoms. The zero-order valence-electron chi connectivity index (χ0n) is 12.6. The first kappa shape index (κ1) is 14.5. The summed E-state index contributed by atoms with van der Waals surface area (Å²) in [7, 11) is 3.99. The standard InChI is InChI=1S/C16H22N4/c1-12-6-5-7-15(19-12)11-20(4)16-9-8-14(10-18-16)13(2)17-3/h5-10,13,17H,11H2,1-4H3. The largest absolute Gasteiger partial charge is 0.354 e. The van der Waals surface area contributed by atoms with E-state index in [4.69, 9.17) is 0 Å². The predicted octanol–water partition coefficient (Wildman–Crippen LogP) is 2.70. The quantitative estimate of drug-likeness (QED) is 0.907. The van der Waals surface area contributed by atoms with Crippen LogP contribution in [0.3, 0.4) is 0 Å². The second-order valence-electron chi connectivity index (χ2n) is 5.09. The van der Waals surface area contributed by atoms with Crippen LogP contribution in [0, 0.1) is 6.92 Å². The Hall–Kier alpha value is -1.94. The molecule has 106 valence electrons. The van der Waals surface area contributed by atoms with E-state index in [0.717, 1.165) is 23.8 Å². The number of hydrogen-bond donors (Lipinski definition) is 1. The molecule has 2 rings (SSSR count). The van der Waals surface area contributed by atoms with Crippen molar-refractivity contribution in [1.29, 1.82) is 0 Å². The highest BCUT2D eigenvalue weighted by molar-refractivity contribution is 5.39. The summed E-state index contributed by atoms with van der Waals surface area (Å²) in [5.74, 6) is 0.959. The van der Waals surface area contributed by atoms with E-state index < -0.39 is 0 Å².